The molecule has 0 radical (unpaired) electrons. The van der Waals surface area contributed by atoms with Crippen molar-refractivity contribution in [1.82, 2.24) is 4.90 Å². The van der Waals surface area contributed by atoms with Crippen LogP contribution < -0.4 is 4.90 Å². The SMILES string of the molecule is CN(Cc1ccccc1N1CCOCC1)C(=O)CC1(O)CCCCC1. The van der Waals surface area contributed by atoms with Gasteiger partial charge in [-0.25, -0.2) is 0 Å². The third-order valence-corrected chi connectivity index (χ3v) is 5.44. The Balaban J connectivity index is 1.64. The van der Waals surface area contributed by atoms with E-state index in [2.05, 4.69) is 17.0 Å². The molecular formula is C20H30N2O3. The van der Waals surface area contributed by atoms with Gasteiger partial charge in [0.2, 0.25) is 5.91 Å². The number of morpholine rings is 1. The van der Waals surface area contributed by atoms with E-state index in [0.717, 1.165) is 57.6 Å². The Bertz CT molecular complexity index is 578. The van der Waals surface area contributed by atoms with Crippen LogP contribution in [0.3, 0.4) is 0 Å². The molecule has 5 heteroatoms. The van der Waals surface area contributed by atoms with Crippen LogP contribution in [0.2, 0.25) is 0 Å². The normalized spacial score (nSPS) is 20.3. The van der Waals surface area contributed by atoms with Gasteiger partial charge in [-0.05, 0) is 24.5 Å². The maximum atomic E-state index is 12.6. The van der Waals surface area contributed by atoms with Crippen LogP contribution in [0.25, 0.3) is 0 Å². The fourth-order valence-electron chi connectivity index (χ4n) is 3.90. The summed E-state index contributed by atoms with van der Waals surface area (Å²) in [5.74, 6) is 0.0289. The van der Waals surface area contributed by atoms with Crippen molar-refractivity contribution in [3.63, 3.8) is 0 Å². The van der Waals surface area contributed by atoms with Gasteiger partial charge in [0.15, 0.2) is 0 Å². The van der Waals surface area contributed by atoms with Crippen LogP contribution in [-0.4, -0.2) is 54.9 Å². The van der Waals surface area contributed by atoms with Crippen molar-refractivity contribution in [2.45, 2.75) is 50.7 Å². The molecule has 1 aromatic carbocycles. The van der Waals surface area contributed by atoms with Gasteiger partial charge in [0.05, 0.1) is 25.2 Å². The summed E-state index contributed by atoms with van der Waals surface area (Å²) in [7, 11) is 1.84. The number of benzene rings is 1. The Labute approximate surface area is 150 Å². The highest BCUT2D eigenvalue weighted by atomic mass is 16.5. The van der Waals surface area contributed by atoms with Gasteiger partial charge in [-0.1, -0.05) is 37.5 Å². The molecule has 5 nitrogen and oxygen atoms in total. The minimum absolute atomic E-state index is 0.0289. The second-order valence-corrected chi connectivity index (χ2v) is 7.44. The van der Waals surface area contributed by atoms with E-state index < -0.39 is 5.60 Å². The molecule has 0 unspecified atom stereocenters. The van der Waals surface area contributed by atoms with E-state index in [1.54, 1.807) is 4.90 Å². The van der Waals surface area contributed by atoms with Crippen molar-refractivity contribution in [1.29, 1.82) is 0 Å². The Hall–Kier alpha value is -1.59. The Kier molecular flexibility index (Phi) is 5.97. The molecule has 1 aliphatic heterocycles. The molecule has 1 saturated heterocycles. The van der Waals surface area contributed by atoms with Crippen molar-refractivity contribution < 1.29 is 14.6 Å². The molecule has 1 amide bonds. The number of carbonyl (C=O) groups is 1. The summed E-state index contributed by atoms with van der Waals surface area (Å²) in [4.78, 5) is 16.7. The number of hydrogen-bond donors (Lipinski definition) is 1. The summed E-state index contributed by atoms with van der Waals surface area (Å²) in [5.41, 5.74) is 1.53. The molecule has 0 spiro atoms. The monoisotopic (exact) mass is 346 g/mol. The lowest BCUT2D eigenvalue weighted by Crippen LogP contribution is -2.39. The van der Waals surface area contributed by atoms with E-state index >= 15 is 0 Å². The zero-order valence-corrected chi connectivity index (χ0v) is 15.2. The van der Waals surface area contributed by atoms with Gasteiger partial charge in [0.25, 0.3) is 0 Å². The molecule has 0 atom stereocenters. The van der Waals surface area contributed by atoms with Crippen molar-refractivity contribution in [3.05, 3.63) is 29.8 Å². The van der Waals surface area contributed by atoms with Crippen LogP contribution >= 0.6 is 0 Å². The molecule has 0 bridgehead atoms. The number of hydrogen-bond acceptors (Lipinski definition) is 4. The van der Waals surface area contributed by atoms with Crippen molar-refractivity contribution in [2.75, 3.05) is 38.3 Å². The predicted molar refractivity (Wildman–Crippen MR) is 98.6 cm³/mol. The van der Waals surface area contributed by atoms with Gasteiger partial charge in [-0.3, -0.25) is 4.79 Å². The van der Waals surface area contributed by atoms with E-state index in [9.17, 15) is 9.90 Å². The second kappa shape index (κ2) is 8.19. The number of rotatable bonds is 5. The van der Waals surface area contributed by atoms with Crippen molar-refractivity contribution >= 4 is 11.6 Å². The number of nitrogens with zero attached hydrogens (tertiary/aromatic N) is 2. The summed E-state index contributed by atoms with van der Waals surface area (Å²) in [5, 5.41) is 10.6. The first-order valence-electron chi connectivity index (χ1n) is 9.44. The average Bonchev–Trinajstić information content (AvgIpc) is 2.63. The quantitative estimate of drug-likeness (QED) is 0.890. The standard InChI is InChI=1S/C20H30N2O3/c1-21(19(23)15-20(24)9-5-2-6-10-20)16-17-7-3-4-8-18(17)22-11-13-25-14-12-22/h3-4,7-8,24H,2,5-6,9-16H2,1H3. The fraction of sp³-hybridized carbons (Fsp3) is 0.650. The third-order valence-electron chi connectivity index (χ3n) is 5.44. The number of amides is 1. The highest BCUT2D eigenvalue weighted by molar-refractivity contribution is 5.77. The average molecular weight is 346 g/mol. The van der Waals surface area contributed by atoms with Crippen molar-refractivity contribution in [2.24, 2.45) is 0 Å². The number of aliphatic hydroxyl groups is 1. The first-order chi connectivity index (χ1) is 12.1. The number of ether oxygens (including phenoxy) is 1. The minimum Gasteiger partial charge on any atom is -0.389 e. The number of anilines is 1. The van der Waals surface area contributed by atoms with Crippen LogP contribution in [0.4, 0.5) is 5.69 Å². The molecule has 1 saturated carbocycles. The lowest BCUT2D eigenvalue weighted by molar-refractivity contribution is -0.137. The maximum Gasteiger partial charge on any atom is 0.225 e. The zero-order valence-electron chi connectivity index (χ0n) is 15.2. The van der Waals surface area contributed by atoms with E-state index in [4.69, 9.17) is 4.74 Å². The summed E-state index contributed by atoms with van der Waals surface area (Å²) < 4.78 is 5.44. The third kappa shape index (κ3) is 4.73. The first-order valence-corrected chi connectivity index (χ1v) is 9.44. The van der Waals surface area contributed by atoms with Crippen LogP contribution in [-0.2, 0) is 16.1 Å². The van der Waals surface area contributed by atoms with Gasteiger partial charge in [-0.15, -0.1) is 0 Å². The molecular weight excluding hydrogens is 316 g/mol. The Morgan fingerprint density at radius 3 is 2.60 bits per heavy atom. The van der Waals surface area contributed by atoms with Crippen molar-refractivity contribution in [3.8, 4) is 0 Å². The number of carbonyl (C=O) groups excluding carboxylic acids is 1. The summed E-state index contributed by atoms with van der Waals surface area (Å²) in [6.45, 7) is 3.83. The smallest absolute Gasteiger partial charge is 0.225 e. The number of para-hydroxylation sites is 1. The van der Waals surface area contributed by atoms with Gasteiger partial charge in [-0.2, -0.15) is 0 Å². The Morgan fingerprint density at radius 2 is 1.88 bits per heavy atom. The lowest BCUT2D eigenvalue weighted by atomic mass is 9.82. The molecule has 25 heavy (non-hydrogen) atoms. The molecule has 0 aromatic heterocycles. The van der Waals surface area contributed by atoms with Crippen LogP contribution in [0.15, 0.2) is 24.3 Å². The van der Waals surface area contributed by atoms with E-state index in [1.807, 2.05) is 19.2 Å². The molecule has 1 aromatic rings. The van der Waals surface area contributed by atoms with Crippen LogP contribution in [0, 0.1) is 0 Å². The van der Waals surface area contributed by atoms with E-state index in [1.165, 1.54) is 12.1 Å². The maximum absolute atomic E-state index is 12.6. The summed E-state index contributed by atoms with van der Waals surface area (Å²) >= 11 is 0. The molecule has 138 valence electrons. The second-order valence-electron chi connectivity index (χ2n) is 7.44. The van der Waals surface area contributed by atoms with E-state index in [0.29, 0.717) is 6.54 Å². The lowest BCUT2D eigenvalue weighted by Gasteiger charge is -2.34. The van der Waals surface area contributed by atoms with Gasteiger partial charge in [0, 0.05) is 32.4 Å². The Morgan fingerprint density at radius 1 is 1.20 bits per heavy atom. The molecule has 2 aliphatic rings. The van der Waals surface area contributed by atoms with Gasteiger partial charge < -0.3 is 19.6 Å². The predicted octanol–water partition coefficient (Wildman–Crippen LogP) is 2.57. The van der Waals surface area contributed by atoms with E-state index in [-0.39, 0.29) is 12.3 Å². The van der Waals surface area contributed by atoms with Gasteiger partial charge in [0.1, 0.15) is 0 Å². The minimum atomic E-state index is -0.798. The molecule has 3 rings (SSSR count). The molecule has 2 fully saturated rings. The molecule has 1 aliphatic carbocycles. The van der Waals surface area contributed by atoms with Gasteiger partial charge >= 0.3 is 0 Å². The van der Waals surface area contributed by atoms with Crippen LogP contribution in [0.5, 0.6) is 0 Å². The summed E-state index contributed by atoms with van der Waals surface area (Å²) in [6.07, 6.45) is 4.94. The molecule has 1 N–H and O–H groups in total. The fourth-order valence-corrected chi connectivity index (χ4v) is 3.90. The highest BCUT2D eigenvalue weighted by Crippen LogP contribution is 2.31. The highest BCUT2D eigenvalue weighted by Gasteiger charge is 2.32. The first kappa shape index (κ1) is 18.2. The van der Waals surface area contributed by atoms with Crippen LogP contribution in [0.1, 0.15) is 44.1 Å². The topological polar surface area (TPSA) is 53.0 Å². The largest absolute Gasteiger partial charge is 0.389 e. The summed E-state index contributed by atoms with van der Waals surface area (Å²) in [6, 6.07) is 8.27. The molecule has 1 heterocycles. The zero-order chi connectivity index (χ0) is 17.7.